The van der Waals surface area contributed by atoms with Crippen molar-refractivity contribution in [2.24, 2.45) is 5.73 Å². The molecule has 1 aromatic heterocycles. The number of hydrogen-bond donors (Lipinski definition) is 1. The highest BCUT2D eigenvalue weighted by atomic mass is 16.2. The van der Waals surface area contributed by atoms with Crippen LogP contribution < -0.4 is 5.73 Å². The van der Waals surface area contributed by atoms with Gasteiger partial charge in [-0.2, -0.15) is 5.10 Å². The Labute approximate surface area is 119 Å². The first-order valence-electron chi connectivity index (χ1n) is 7.61. The molecule has 20 heavy (non-hydrogen) atoms. The SMILES string of the molecule is NC1(C(=O)N2CCCC(n3cncn3)C2)CCCCC1. The molecule has 110 valence electrons. The average Bonchev–Trinajstić information content (AvgIpc) is 3.02. The Morgan fingerprint density at radius 2 is 2.05 bits per heavy atom. The molecule has 6 nitrogen and oxygen atoms in total. The van der Waals surface area contributed by atoms with Crippen molar-refractivity contribution in [2.45, 2.75) is 56.5 Å². The Morgan fingerprint density at radius 3 is 2.75 bits per heavy atom. The molecule has 0 aromatic carbocycles. The largest absolute Gasteiger partial charge is 0.339 e. The Balaban J connectivity index is 1.68. The van der Waals surface area contributed by atoms with Gasteiger partial charge in [-0.3, -0.25) is 4.79 Å². The van der Waals surface area contributed by atoms with Crippen molar-refractivity contribution >= 4 is 5.91 Å². The zero-order valence-electron chi connectivity index (χ0n) is 11.9. The van der Waals surface area contributed by atoms with Crippen molar-refractivity contribution in [3.8, 4) is 0 Å². The molecule has 3 rings (SSSR count). The van der Waals surface area contributed by atoms with Crippen LogP contribution >= 0.6 is 0 Å². The van der Waals surface area contributed by atoms with E-state index in [1.165, 1.54) is 6.42 Å². The summed E-state index contributed by atoms with van der Waals surface area (Å²) in [6, 6.07) is 0.238. The van der Waals surface area contributed by atoms with E-state index >= 15 is 0 Å². The lowest BCUT2D eigenvalue weighted by molar-refractivity contribution is -0.140. The van der Waals surface area contributed by atoms with E-state index in [9.17, 15) is 4.79 Å². The molecule has 2 N–H and O–H groups in total. The number of carbonyl (C=O) groups is 1. The topological polar surface area (TPSA) is 77.0 Å². The Kier molecular flexibility index (Phi) is 3.74. The standard InChI is InChI=1S/C14H23N5O/c15-14(6-2-1-3-7-14)13(20)18-8-4-5-12(9-18)19-11-16-10-17-19/h10-12H,1-9,15H2. The molecule has 1 saturated heterocycles. The first-order valence-corrected chi connectivity index (χ1v) is 7.61. The normalized spacial score (nSPS) is 26.4. The van der Waals surface area contributed by atoms with Crippen LogP contribution in [0.1, 0.15) is 51.0 Å². The van der Waals surface area contributed by atoms with Crippen LogP contribution in [0.4, 0.5) is 0 Å². The molecule has 2 heterocycles. The Morgan fingerprint density at radius 1 is 1.25 bits per heavy atom. The van der Waals surface area contributed by atoms with E-state index in [1.807, 2.05) is 9.58 Å². The molecule has 1 aliphatic carbocycles. The second kappa shape index (κ2) is 5.52. The van der Waals surface area contributed by atoms with Gasteiger partial charge in [0.2, 0.25) is 5.91 Å². The summed E-state index contributed by atoms with van der Waals surface area (Å²) in [5.74, 6) is 0.141. The van der Waals surface area contributed by atoms with Crippen molar-refractivity contribution in [1.82, 2.24) is 19.7 Å². The Hall–Kier alpha value is -1.43. The van der Waals surface area contributed by atoms with E-state index in [0.717, 1.165) is 45.1 Å². The molecule has 0 bridgehead atoms. The van der Waals surface area contributed by atoms with Crippen molar-refractivity contribution in [1.29, 1.82) is 0 Å². The molecule has 0 radical (unpaired) electrons. The van der Waals surface area contributed by atoms with Gasteiger partial charge in [0.15, 0.2) is 0 Å². The Bertz CT molecular complexity index is 452. The summed E-state index contributed by atoms with van der Waals surface area (Å²) < 4.78 is 1.86. The lowest BCUT2D eigenvalue weighted by Gasteiger charge is -2.40. The summed E-state index contributed by atoms with van der Waals surface area (Å²) in [5.41, 5.74) is 5.75. The van der Waals surface area contributed by atoms with Crippen molar-refractivity contribution < 1.29 is 4.79 Å². The van der Waals surface area contributed by atoms with Gasteiger partial charge in [-0.25, -0.2) is 9.67 Å². The highest BCUT2D eigenvalue weighted by Crippen LogP contribution is 2.30. The summed E-state index contributed by atoms with van der Waals surface area (Å²) in [5, 5.41) is 4.20. The third-order valence-corrected chi connectivity index (χ3v) is 4.67. The average molecular weight is 277 g/mol. The highest BCUT2D eigenvalue weighted by Gasteiger charge is 2.39. The minimum absolute atomic E-state index is 0.141. The zero-order valence-corrected chi connectivity index (χ0v) is 11.9. The van der Waals surface area contributed by atoms with Gasteiger partial charge in [0.25, 0.3) is 0 Å². The van der Waals surface area contributed by atoms with E-state index in [4.69, 9.17) is 5.73 Å². The number of amides is 1. The number of aromatic nitrogens is 3. The minimum Gasteiger partial charge on any atom is -0.339 e. The summed E-state index contributed by atoms with van der Waals surface area (Å²) in [4.78, 5) is 18.7. The maximum atomic E-state index is 12.7. The van der Waals surface area contributed by atoms with Crippen LogP contribution in [0.2, 0.25) is 0 Å². The van der Waals surface area contributed by atoms with Crippen LogP contribution in [0.5, 0.6) is 0 Å². The summed E-state index contributed by atoms with van der Waals surface area (Å²) in [6.07, 6.45) is 10.3. The fraction of sp³-hybridized carbons (Fsp3) is 0.786. The van der Waals surface area contributed by atoms with Crippen LogP contribution in [0.15, 0.2) is 12.7 Å². The molecular weight excluding hydrogens is 254 g/mol. The third-order valence-electron chi connectivity index (χ3n) is 4.67. The van der Waals surface area contributed by atoms with Crippen LogP contribution in [0, 0.1) is 0 Å². The molecule has 0 spiro atoms. The van der Waals surface area contributed by atoms with E-state index in [1.54, 1.807) is 12.7 Å². The fourth-order valence-corrected chi connectivity index (χ4v) is 3.47. The van der Waals surface area contributed by atoms with Gasteiger partial charge in [-0.15, -0.1) is 0 Å². The third kappa shape index (κ3) is 2.57. The monoisotopic (exact) mass is 277 g/mol. The summed E-state index contributed by atoms with van der Waals surface area (Å²) >= 11 is 0. The molecule has 1 atom stereocenters. The molecule has 1 amide bonds. The van der Waals surface area contributed by atoms with E-state index < -0.39 is 5.54 Å². The molecule has 2 fully saturated rings. The highest BCUT2D eigenvalue weighted by molar-refractivity contribution is 5.86. The summed E-state index contributed by atoms with van der Waals surface area (Å²) in [6.45, 7) is 1.53. The van der Waals surface area contributed by atoms with Crippen molar-refractivity contribution in [3.05, 3.63) is 12.7 Å². The lowest BCUT2D eigenvalue weighted by atomic mass is 9.81. The maximum absolute atomic E-state index is 12.7. The van der Waals surface area contributed by atoms with E-state index in [0.29, 0.717) is 6.54 Å². The predicted molar refractivity (Wildman–Crippen MR) is 74.9 cm³/mol. The number of rotatable bonds is 2. The second-order valence-corrected chi connectivity index (χ2v) is 6.14. The number of carbonyl (C=O) groups excluding carboxylic acids is 1. The number of piperidine rings is 1. The summed E-state index contributed by atoms with van der Waals surface area (Å²) in [7, 11) is 0. The van der Waals surface area contributed by atoms with Gasteiger partial charge in [0.05, 0.1) is 11.6 Å². The van der Waals surface area contributed by atoms with Gasteiger partial charge in [0.1, 0.15) is 12.7 Å². The molecule has 2 aliphatic rings. The van der Waals surface area contributed by atoms with Gasteiger partial charge < -0.3 is 10.6 Å². The second-order valence-electron chi connectivity index (χ2n) is 6.14. The number of nitrogens with two attached hydrogens (primary N) is 1. The van der Waals surface area contributed by atoms with Crippen LogP contribution in [0.3, 0.4) is 0 Å². The van der Waals surface area contributed by atoms with Gasteiger partial charge in [-0.05, 0) is 25.7 Å². The molecule has 1 aliphatic heterocycles. The number of likely N-dealkylation sites (tertiary alicyclic amines) is 1. The molecule has 1 saturated carbocycles. The predicted octanol–water partition coefficient (Wildman–Crippen LogP) is 1.10. The minimum atomic E-state index is -0.623. The van der Waals surface area contributed by atoms with Gasteiger partial charge >= 0.3 is 0 Å². The molecule has 6 heteroatoms. The number of nitrogens with zero attached hydrogens (tertiary/aromatic N) is 4. The van der Waals surface area contributed by atoms with Crippen LogP contribution in [-0.2, 0) is 4.79 Å². The van der Waals surface area contributed by atoms with E-state index in [2.05, 4.69) is 10.1 Å². The molecule has 1 unspecified atom stereocenters. The first-order chi connectivity index (χ1) is 9.69. The molecular formula is C14H23N5O. The van der Waals surface area contributed by atoms with Crippen LogP contribution in [0.25, 0.3) is 0 Å². The van der Waals surface area contributed by atoms with Gasteiger partial charge in [0, 0.05) is 13.1 Å². The number of hydrogen-bond acceptors (Lipinski definition) is 4. The first kappa shape index (κ1) is 13.5. The molecule has 1 aromatic rings. The fourth-order valence-electron chi connectivity index (χ4n) is 3.47. The van der Waals surface area contributed by atoms with Crippen LogP contribution in [-0.4, -0.2) is 44.2 Å². The van der Waals surface area contributed by atoms with Crippen molar-refractivity contribution in [2.75, 3.05) is 13.1 Å². The van der Waals surface area contributed by atoms with Gasteiger partial charge in [-0.1, -0.05) is 19.3 Å². The lowest BCUT2D eigenvalue weighted by Crippen LogP contribution is -2.58. The van der Waals surface area contributed by atoms with Crippen molar-refractivity contribution in [3.63, 3.8) is 0 Å². The zero-order chi connectivity index (χ0) is 14.0. The van der Waals surface area contributed by atoms with E-state index in [-0.39, 0.29) is 11.9 Å². The quantitative estimate of drug-likeness (QED) is 0.878. The smallest absolute Gasteiger partial charge is 0.242 e. The maximum Gasteiger partial charge on any atom is 0.242 e.